The number of ketones is 1. The number of nitrogens with zero attached hydrogens (tertiary/aromatic N) is 1. The molecule has 8 nitrogen and oxygen atoms in total. The van der Waals surface area contributed by atoms with Crippen LogP contribution in [0, 0.1) is 5.92 Å². The second-order valence-electron chi connectivity index (χ2n) is 8.61. The fourth-order valence-electron chi connectivity index (χ4n) is 4.83. The van der Waals surface area contributed by atoms with Crippen molar-refractivity contribution in [1.82, 2.24) is 0 Å². The lowest BCUT2D eigenvalue weighted by Crippen LogP contribution is -2.38. The third-order valence-corrected chi connectivity index (χ3v) is 6.32. The Morgan fingerprint density at radius 3 is 2.70 bits per heavy atom. The SMILES string of the molecule is COc1cc([C@@H]2C3=C(CCCC3=O)N=C(C)C2C(=O)OC[C@@H]2CCCO2)ccc1OC(C)=O. The number of Topliss-reactive ketones (excluding diaryl/α,β-unsaturated/α-hetero) is 1. The summed E-state index contributed by atoms with van der Waals surface area (Å²) in [5.41, 5.74) is 2.63. The molecule has 0 saturated carbocycles. The highest BCUT2D eigenvalue weighted by atomic mass is 16.6. The van der Waals surface area contributed by atoms with Crippen LogP contribution in [0.2, 0.25) is 0 Å². The molecule has 4 rings (SSSR count). The number of methoxy groups -OCH3 is 1. The lowest BCUT2D eigenvalue weighted by Gasteiger charge is -2.34. The first kappa shape index (κ1) is 23.2. The second kappa shape index (κ2) is 9.87. The van der Waals surface area contributed by atoms with Crippen LogP contribution in [0.15, 0.2) is 34.5 Å². The molecule has 0 radical (unpaired) electrons. The number of rotatable bonds is 6. The fraction of sp³-hybridized carbons (Fsp3) is 0.520. The highest BCUT2D eigenvalue weighted by Gasteiger charge is 2.43. The number of carbonyl (C=O) groups is 3. The molecule has 0 amide bonds. The molecule has 0 N–H and O–H groups in total. The molecule has 1 aliphatic carbocycles. The van der Waals surface area contributed by atoms with Gasteiger partial charge in [0.15, 0.2) is 17.3 Å². The molecule has 3 aliphatic rings. The van der Waals surface area contributed by atoms with Crippen molar-refractivity contribution in [3.05, 3.63) is 35.0 Å². The molecular weight excluding hydrogens is 426 g/mol. The molecule has 1 aromatic carbocycles. The van der Waals surface area contributed by atoms with Crippen molar-refractivity contribution in [1.29, 1.82) is 0 Å². The number of allylic oxidation sites excluding steroid dienone is 2. The number of esters is 2. The van der Waals surface area contributed by atoms with Gasteiger partial charge < -0.3 is 18.9 Å². The number of benzene rings is 1. The maximum absolute atomic E-state index is 13.3. The summed E-state index contributed by atoms with van der Waals surface area (Å²) in [5.74, 6) is -1.57. The van der Waals surface area contributed by atoms with E-state index in [1.54, 1.807) is 25.1 Å². The van der Waals surface area contributed by atoms with E-state index < -0.39 is 23.8 Å². The van der Waals surface area contributed by atoms with Gasteiger partial charge in [-0.3, -0.25) is 19.4 Å². The number of carbonyl (C=O) groups excluding carboxylic acids is 3. The molecule has 33 heavy (non-hydrogen) atoms. The van der Waals surface area contributed by atoms with Crippen LogP contribution in [-0.4, -0.2) is 49.9 Å². The van der Waals surface area contributed by atoms with Crippen molar-refractivity contribution in [2.24, 2.45) is 10.9 Å². The van der Waals surface area contributed by atoms with Gasteiger partial charge in [-0.1, -0.05) is 6.07 Å². The lowest BCUT2D eigenvalue weighted by molar-refractivity contribution is -0.149. The van der Waals surface area contributed by atoms with Gasteiger partial charge in [0.2, 0.25) is 0 Å². The standard InChI is InChI=1S/C25H29NO7/c1-14-22(25(29)32-13-17-6-5-11-31-17)23(24-18(26-14)7-4-8-19(24)28)16-9-10-20(33-15(2)27)21(12-16)30-3/h9-10,12,17,22-23H,4-8,11,13H2,1-3H3/t17-,22?,23-/m0/s1. The summed E-state index contributed by atoms with van der Waals surface area (Å²) in [7, 11) is 1.48. The Bertz CT molecular complexity index is 1020. The monoisotopic (exact) mass is 455 g/mol. The largest absolute Gasteiger partial charge is 0.493 e. The Morgan fingerprint density at radius 1 is 1.18 bits per heavy atom. The van der Waals surface area contributed by atoms with Crippen molar-refractivity contribution in [2.45, 2.75) is 58.0 Å². The molecule has 3 atom stereocenters. The van der Waals surface area contributed by atoms with Gasteiger partial charge in [0, 0.05) is 42.9 Å². The van der Waals surface area contributed by atoms with Crippen LogP contribution in [0.1, 0.15) is 57.4 Å². The van der Waals surface area contributed by atoms with Gasteiger partial charge in [0.05, 0.1) is 13.2 Å². The van der Waals surface area contributed by atoms with Gasteiger partial charge >= 0.3 is 11.9 Å². The van der Waals surface area contributed by atoms with E-state index in [2.05, 4.69) is 4.99 Å². The number of hydrogen-bond acceptors (Lipinski definition) is 8. The average molecular weight is 456 g/mol. The van der Waals surface area contributed by atoms with E-state index in [0.717, 1.165) is 25.0 Å². The van der Waals surface area contributed by atoms with Crippen LogP contribution in [0.25, 0.3) is 0 Å². The molecule has 8 heteroatoms. The molecule has 1 aromatic rings. The van der Waals surface area contributed by atoms with Crippen molar-refractivity contribution in [2.75, 3.05) is 20.3 Å². The topological polar surface area (TPSA) is 100 Å². The molecule has 2 aliphatic heterocycles. The maximum atomic E-state index is 13.3. The van der Waals surface area contributed by atoms with Crippen LogP contribution in [0.5, 0.6) is 11.5 Å². The minimum Gasteiger partial charge on any atom is -0.493 e. The fourth-order valence-corrected chi connectivity index (χ4v) is 4.83. The number of hydrogen-bond donors (Lipinski definition) is 0. The Labute approximate surface area is 192 Å². The van der Waals surface area contributed by atoms with Crippen molar-refractivity contribution in [3.8, 4) is 11.5 Å². The maximum Gasteiger partial charge on any atom is 0.315 e. The van der Waals surface area contributed by atoms with E-state index in [1.807, 2.05) is 0 Å². The summed E-state index contributed by atoms with van der Waals surface area (Å²) in [6, 6.07) is 5.10. The van der Waals surface area contributed by atoms with Crippen LogP contribution in [-0.2, 0) is 23.9 Å². The third kappa shape index (κ3) is 4.85. The minimum absolute atomic E-state index is 0.00236. The van der Waals surface area contributed by atoms with Gasteiger partial charge in [0.25, 0.3) is 0 Å². The summed E-state index contributed by atoms with van der Waals surface area (Å²) in [6.45, 7) is 3.97. The first-order valence-corrected chi connectivity index (χ1v) is 11.3. The highest BCUT2D eigenvalue weighted by Crippen LogP contribution is 2.45. The quantitative estimate of drug-likeness (QED) is 0.478. The first-order chi connectivity index (χ1) is 15.9. The Hall–Kier alpha value is -3.00. The molecule has 2 heterocycles. The Balaban J connectivity index is 1.72. The summed E-state index contributed by atoms with van der Waals surface area (Å²) in [6.07, 6.45) is 3.57. The van der Waals surface area contributed by atoms with Crippen molar-refractivity contribution in [3.63, 3.8) is 0 Å². The zero-order valence-corrected chi connectivity index (χ0v) is 19.2. The minimum atomic E-state index is -0.739. The van der Waals surface area contributed by atoms with Gasteiger partial charge in [-0.05, 0) is 50.3 Å². The van der Waals surface area contributed by atoms with E-state index in [1.165, 1.54) is 14.0 Å². The zero-order valence-electron chi connectivity index (χ0n) is 19.2. The summed E-state index contributed by atoms with van der Waals surface area (Å²) in [5, 5.41) is 0. The highest BCUT2D eigenvalue weighted by molar-refractivity contribution is 6.08. The summed E-state index contributed by atoms with van der Waals surface area (Å²) < 4.78 is 21.9. The molecular formula is C25H29NO7. The van der Waals surface area contributed by atoms with E-state index in [4.69, 9.17) is 18.9 Å². The van der Waals surface area contributed by atoms with Crippen LogP contribution in [0.3, 0.4) is 0 Å². The molecule has 1 fully saturated rings. The van der Waals surface area contributed by atoms with Crippen LogP contribution in [0.4, 0.5) is 0 Å². The van der Waals surface area contributed by atoms with E-state index in [0.29, 0.717) is 42.0 Å². The predicted molar refractivity (Wildman–Crippen MR) is 119 cm³/mol. The average Bonchev–Trinajstić information content (AvgIpc) is 3.30. The molecule has 176 valence electrons. The van der Waals surface area contributed by atoms with Gasteiger partial charge in [-0.25, -0.2) is 0 Å². The first-order valence-electron chi connectivity index (χ1n) is 11.3. The third-order valence-electron chi connectivity index (χ3n) is 6.32. The summed E-state index contributed by atoms with van der Waals surface area (Å²) in [4.78, 5) is 42.4. The lowest BCUT2D eigenvalue weighted by atomic mass is 9.71. The molecule has 0 aromatic heterocycles. The second-order valence-corrected chi connectivity index (χ2v) is 8.61. The molecule has 0 bridgehead atoms. The Morgan fingerprint density at radius 2 is 2.00 bits per heavy atom. The summed E-state index contributed by atoms with van der Waals surface area (Å²) >= 11 is 0. The zero-order chi connectivity index (χ0) is 23.5. The smallest absolute Gasteiger partial charge is 0.315 e. The molecule has 1 unspecified atom stereocenters. The van der Waals surface area contributed by atoms with Crippen molar-refractivity contribution >= 4 is 23.4 Å². The van der Waals surface area contributed by atoms with E-state index >= 15 is 0 Å². The van der Waals surface area contributed by atoms with E-state index in [-0.39, 0.29) is 24.2 Å². The normalized spacial score (nSPS) is 24.8. The molecule has 0 spiro atoms. The van der Waals surface area contributed by atoms with Crippen LogP contribution < -0.4 is 9.47 Å². The van der Waals surface area contributed by atoms with Crippen LogP contribution >= 0.6 is 0 Å². The predicted octanol–water partition coefficient (Wildman–Crippen LogP) is 3.52. The van der Waals surface area contributed by atoms with Gasteiger partial charge in [-0.2, -0.15) is 0 Å². The van der Waals surface area contributed by atoms with Gasteiger partial charge in [0.1, 0.15) is 12.5 Å². The number of ether oxygens (including phenoxy) is 4. The molecule has 1 saturated heterocycles. The Kier molecular flexibility index (Phi) is 6.93. The van der Waals surface area contributed by atoms with E-state index in [9.17, 15) is 14.4 Å². The van der Waals surface area contributed by atoms with Gasteiger partial charge in [-0.15, -0.1) is 0 Å². The number of aliphatic imine (C=N–C) groups is 1. The van der Waals surface area contributed by atoms with Crippen molar-refractivity contribution < 1.29 is 33.3 Å².